The molecule has 0 amide bonds. The Bertz CT molecular complexity index is 414. The lowest BCUT2D eigenvalue weighted by Crippen LogP contribution is -2.26. The first kappa shape index (κ1) is 15.3. The molecule has 0 radical (unpaired) electrons. The monoisotopic (exact) mass is 275 g/mol. The zero-order valence-electron chi connectivity index (χ0n) is 13.3. The van der Waals surface area contributed by atoms with Gasteiger partial charge in [-0.2, -0.15) is 0 Å². The Morgan fingerprint density at radius 2 is 2.15 bits per heavy atom. The number of aromatic nitrogens is 1. The van der Waals surface area contributed by atoms with Crippen molar-refractivity contribution in [2.75, 3.05) is 24.5 Å². The molecule has 0 bridgehead atoms. The number of hydrogen-bond donors (Lipinski definition) is 1. The molecule has 1 aromatic heterocycles. The van der Waals surface area contributed by atoms with Crippen molar-refractivity contribution in [1.29, 1.82) is 0 Å². The zero-order chi connectivity index (χ0) is 14.4. The van der Waals surface area contributed by atoms with Gasteiger partial charge < -0.3 is 10.2 Å². The van der Waals surface area contributed by atoms with Gasteiger partial charge in [0.25, 0.3) is 0 Å². The smallest absolute Gasteiger partial charge is 0.128 e. The maximum Gasteiger partial charge on any atom is 0.128 e. The van der Waals surface area contributed by atoms with E-state index in [1.807, 2.05) is 6.20 Å². The van der Waals surface area contributed by atoms with Crippen LogP contribution in [0.4, 0.5) is 5.82 Å². The number of rotatable bonds is 5. The fourth-order valence-corrected chi connectivity index (χ4v) is 2.80. The molecule has 1 aliphatic rings. The summed E-state index contributed by atoms with van der Waals surface area (Å²) in [5.41, 5.74) is 1.82. The van der Waals surface area contributed by atoms with Crippen LogP contribution in [0.1, 0.15) is 52.0 Å². The van der Waals surface area contributed by atoms with Gasteiger partial charge in [-0.25, -0.2) is 4.98 Å². The van der Waals surface area contributed by atoms with Crippen LogP contribution in [0.2, 0.25) is 0 Å². The summed E-state index contributed by atoms with van der Waals surface area (Å²) in [6.07, 6.45) is 6.98. The van der Waals surface area contributed by atoms with Gasteiger partial charge in [-0.3, -0.25) is 0 Å². The van der Waals surface area contributed by atoms with Crippen molar-refractivity contribution in [1.82, 2.24) is 10.3 Å². The lowest BCUT2D eigenvalue weighted by atomic mass is 9.85. The summed E-state index contributed by atoms with van der Waals surface area (Å²) in [7, 11) is 0. The van der Waals surface area contributed by atoms with Crippen molar-refractivity contribution in [2.24, 2.45) is 5.41 Å². The summed E-state index contributed by atoms with van der Waals surface area (Å²) in [5, 5.41) is 3.46. The van der Waals surface area contributed by atoms with Gasteiger partial charge in [0.2, 0.25) is 0 Å². The SMILES string of the molecule is CCCNCc1ccnc(N2CCCC(C)(C)CC2)c1. The fourth-order valence-electron chi connectivity index (χ4n) is 2.80. The lowest BCUT2D eigenvalue weighted by Gasteiger charge is -2.24. The molecular formula is C17H29N3. The molecule has 0 spiro atoms. The second kappa shape index (κ2) is 7.07. The number of nitrogens with one attached hydrogen (secondary N) is 1. The molecule has 112 valence electrons. The van der Waals surface area contributed by atoms with Gasteiger partial charge >= 0.3 is 0 Å². The summed E-state index contributed by atoms with van der Waals surface area (Å²) >= 11 is 0. The van der Waals surface area contributed by atoms with Crippen LogP contribution in [0.3, 0.4) is 0 Å². The van der Waals surface area contributed by atoms with Gasteiger partial charge in [-0.15, -0.1) is 0 Å². The standard InChI is InChI=1S/C17H29N3/c1-4-9-18-14-15-6-10-19-16(13-15)20-11-5-7-17(2,3)8-12-20/h6,10,13,18H,4-5,7-9,11-12,14H2,1-3H3. The quantitative estimate of drug-likeness (QED) is 0.832. The van der Waals surface area contributed by atoms with E-state index < -0.39 is 0 Å². The molecule has 2 heterocycles. The molecular weight excluding hydrogens is 246 g/mol. The van der Waals surface area contributed by atoms with Crippen LogP contribution in [0.15, 0.2) is 18.3 Å². The van der Waals surface area contributed by atoms with Gasteiger partial charge in [-0.1, -0.05) is 20.8 Å². The molecule has 1 fully saturated rings. The highest BCUT2D eigenvalue weighted by Gasteiger charge is 2.23. The highest BCUT2D eigenvalue weighted by Crippen LogP contribution is 2.31. The summed E-state index contributed by atoms with van der Waals surface area (Å²) in [5.74, 6) is 1.15. The molecule has 0 unspecified atom stereocenters. The Labute approximate surface area is 123 Å². The third kappa shape index (κ3) is 4.48. The number of nitrogens with zero attached hydrogens (tertiary/aromatic N) is 2. The van der Waals surface area contributed by atoms with Crippen LogP contribution in [-0.2, 0) is 6.54 Å². The Hall–Kier alpha value is -1.09. The minimum atomic E-state index is 0.481. The molecule has 0 atom stereocenters. The average Bonchev–Trinajstić information content (AvgIpc) is 2.60. The Morgan fingerprint density at radius 3 is 2.95 bits per heavy atom. The minimum absolute atomic E-state index is 0.481. The van der Waals surface area contributed by atoms with Crippen LogP contribution in [-0.4, -0.2) is 24.6 Å². The van der Waals surface area contributed by atoms with E-state index in [0.29, 0.717) is 5.41 Å². The largest absolute Gasteiger partial charge is 0.357 e. The van der Waals surface area contributed by atoms with Crippen molar-refractivity contribution in [3.05, 3.63) is 23.9 Å². The predicted molar refractivity (Wildman–Crippen MR) is 86.1 cm³/mol. The summed E-state index contributed by atoms with van der Waals surface area (Å²) in [4.78, 5) is 7.04. The van der Waals surface area contributed by atoms with E-state index in [9.17, 15) is 0 Å². The highest BCUT2D eigenvalue weighted by molar-refractivity contribution is 5.41. The predicted octanol–water partition coefficient (Wildman–Crippen LogP) is 3.60. The first-order chi connectivity index (χ1) is 9.61. The lowest BCUT2D eigenvalue weighted by molar-refractivity contribution is 0.325. The molecule has 1 N–H and O–H groups in total. The summed E-state index contributed by atoms with van der Waals surface area (Å²) in [6, 6.07) is 4.37. The van der Waals surface area contributed by atoms with Crippen LogP contribution in [0, 0.1) is 5.41 Å². The molecule has 1 aromatic rings. The summed E-state index contributed by atoms with van der Waals surface area (Å²) < 4.78 is 0. The first-order valence-corrected chi connectivity index (χ1v) is 8.01. The molecule has 0 aliphatic carbocycles. The van der Waals surface area contributed by atoms with Crippen molar-refractivity contribution in [3.63, 3.8) is 0 Å². The molecule has 3 nitrogen and oxygen atoms in total. The van der Waals surface area contributed by atoms with Crippen molar-refractivity contribution >= 4 is 5.82 Å². The number of hydrogen-bond acceptors (Lipinski definition) is 3. The first-order valence-electron chi connectivity index (χ1n) is 8.01. The van der Waals surface area contributed by atoms with E-state index in [4.69, 9.17) is 0 Å². The maximum absolute atomic E-state index is 4.58. The molecule has 20 heavy (non-hydrogen) atoms. The summed E-state index contributed by atoms with van der Waals surface area (Å²) in [6.45, 7) is 11.3. The topological polar surface area (TPSA) is 28.2 Å². The van der Waals surface area contributed by atoms with E-state index in [1.165, 1.54) is 31.2 Å². The van der Waals surface area contributed by atoms with Gasteiger partial charge in [0.1, 0.15) is 5.82 Å². The van der Waals surface area contributed by atoms with Gasteiger partial charge in [0, 0.05) is 25.8 Å². The highest BCUT2D eigenvalue weighted by atomic mass is 15.2. The second-order valence-corrected chi connectivity index (χ2v) is 6.70. The molecule has 1 aliphatic heterocycles. The van der Waals surface area contributed by atoms with Crippen LogP contribution in [0.5, 0.6) is 0 Å². The maximum atomic E-state index is 4.58. The Morgan fingerprint density at radius 1 is 1.30 bits per heavy atom. The zero-order valence-corrected chi connectivity index (χ0v) is 13.3. The van der Waals surface area contributed by atoms with E-state index in [0.717, 1.165) is 32.0 Å². The van der Waals surface area contributed by atoms with E-state index in [-0.39, 0.29) is 0 Å². The van der Waals surface area contributed by atoms with E-state index in [1.54, 1.807) is 0 Å². The third-order valence-electron chi connectivity index (χ3n) is 4.23. The van der Waals surface area contributed by atoms with Crippen molar-refractivity contribution < 1.29 is 0 Å². The van der Waals surface area contributed by atoms with Crippen LogP contribution >= 0.6 is 0 Å². The Kier molecular flexibility index (Phi) is 5.41. The van der Waals surface area contributed by atoms with Crippen LogP contribution < -0.4 is 10.2 Å². The van der Waals surface area contributed by atoms with Crippen molar-refractivity contribution in [2.45, 2.75) is 53.0 Å². The molecule has 0 aromatic carbocycles. The molecule has 1 saturated heterocycles. The van der Waals surface area contributed by atoms with E-state index in [2.05, 4.69) is 48.1 Å². The van der Waals surface area contributed by atoms with Crippen molar-refractivity contribution in [3.8, 4) is 0 Å². The fraction of sp³-hybridized carbons (Fsp3) is 0.706. The molecule has 2 rings (SSSR count). The molecule has 3 heteroatoms. The second-order valence-electron chi connectivity index (χ2n) is 6.70. The third-order valence-corrected chi connectivity index (χ3v) is 4.23. The Balaban J connectivity index is 1.99. The van der Waals surface area contributed by atoms with E-state index >= 15 is 0 Å². The normalized spacial score (nSPS) is 18.9. The van der Waals surface area contributed by atoms with Gasteiger partial charge in [-0.05, 0) is 55.3 Å². The number of anilines is 1. The molecule has 0 saturated carbocycles. The van der Waals surface area contributed by atoms with Gasteiger partial charge in [0.15, 0.2) is 0 Å². The van der Waals surface area contributed by atoms with Gasteiger partial charge in [0.05, 0.1) is 0 Å². The average molecular weight is 275 g/mol. The minimum Gasteiger partial charge on any atom is -0.357 e. The number of pyridine rings is 1. The van der Waals surface area contributed by atoms with Crippen LogP contribution in [0.25, 0.3) is 0 Å².